The number of esters is 1. The number of benzene rings is 2. The van der Waals surface area contributed by atoms with E-state index in [1.54, 1.807) is 18.6 Å². The predicted octanol–water partition coefficient (Wildman–Crippen LogP) is 4.58. The Hall–Kier alpha value is -3.65. The maximum Gasteiger partial charge on any atom is 0.338 e. The fraction of sp³-hybridized carbons (Fsp3) is 0.387. The van der Waals surface area contributed by atoms with Gasteiger partial charge in [0.05, 0.1) is 35.6 Å². The zero-order valence-electron chi connectivity index (χ0n) is 22.8. The summed E-state index contributed by atoms with van der Waals surface area (Å²) in [6.07, 6.45) is 7.09. The monoisotopic (exact) mass is 545 g/mol. The van der Waals surface area contributed by atoms with Gasteiger partial charge in [-0.3, -0.25) is 9.36 Å². The molecule has 3 aromatic rings. The van der Waals surface area contributed by atoms with Crippen LogP contribution in [0.15, 0.2) is 69.6 Å². The Morgan fingerprint density at radius 1 is 1.10 bits per heavy atom. The third-order valence-electron chi connectivity index (χ3n) is 7.21. The maximum atomic E-state index is 13.9. The van der Waals surface area contributed by atoms with Crippen LogP contribution in [-0.4, -0.2) is 37.3 Å². The number of carbonyl (C=O) groups excluding carboxylic acids is 1. The Kier molecular flexibility index (Phi) is 8.31. The smallest absolute Gasteiger partial charge is 0.338 e. The molecule has 1 fully saturated rings. The lowest BCUT2D eigenvalue weighted by Crippen LogP contribution is -2.40. The van der Waals surface area contributed by atoms with Gasteiger partial charge < -0.3 is 14.4 Å². The lowest BCUT2D eigenvalue weighted by atomic mass is 9.94. The Morgan fingerprint density at radius 3 is 2.56 bits per heavy atom. The second-order valence-electron chi connectivity index (χ2n) is 9.83. The first-order valence-electron chi connectivity index (χ1n) is 13.7. The summed E-state index contributed by atoms with van der Waals surface area (Å²) >= 11 is 1.35. The van der Waals surface area contributed by atoms with Crippen molar-refractivity contribution in [1.82, 2.24) is 4.57 Å². The second-order valence-corrected chi connectivity index (χ2v) is 10.8. The van der Waals surface area contributed by atoms with E-state index in [2.05, 4.69) is 36.1 Å². The van der Waals surface area contributed by atoms with Crippen molar-refractivity contribution in [3.05, 3.63) is 90.6 Å². The van der Waals surface area contributed by atoms with Gasteiger partial charge in [0.1, 0.15) is 5.75 Å². The molecule has 1 aromatic heterocycles. The Morgan fingerprint density at radius 2 is 1.87 bits per heavy atom. The molecule has 0 spiro atoms. The highest BCUT2D eigenvalue weighted by Gasteiger charge is 2.34. The van der Waals surface area contributed by atoms with Gasteiger partial charge in [0.25, 0.3) is 5.56 Å². The first-order valence-corrected chi connectivity index (χ1v) is 14.6. The van der Waals surface area contributed by atoms with Gasteiger partial charge in [-0.25, -0.2) is 9.79 Å². The SMILES string of the molecule is CCCC1=C(C(=O)OCC)[C@@H](c2cccc(OC)c2)n2c(s/c(=C/c3ccc(N4CCCCC4)cc3)c2=O)=N1. The molecule has 2 aliphatic rings. The summed E-state index contributed by atoms with van der Waals surface area (Å²) < 4.78 is 13.2. The summed E-state index contributed by atoms with van der Waals surface area (Å²) in [5.74, 6) is 0.209. The first kappa shape index (κ1) is 26.9. The van der Waals surface area contributed by atoms with Gasteiger partial charge in [-0.15, -0.1) is 0 Å². The van der Waals surface area contributed by atoms with Gasteiger partial charge >= 0.3 is 5.97 Å². The molecule has 8 heteroatoms. The standard InChI is InChI=1S/C31H35N3O4S/c1-4-10-25-27(30(36)38-5-2)28(22-11-9-12-24(20-22)37-3)34-29(35)26(39-31(34)32-25)19-21-13-15-23(16-14-21)33-17-7-6-8-18-33/h9,11-16,19-20,28H,4-8,10,17-18H2,1-3H3/b26-19+/t28-/m1/s1. The summed E-state index contributed by atoms with van der Waals surface area (Å²) in [6, 6.07) is 15.2. The van der Waals surface area contributed by atoms with E-state index in [-0.39, 0.29) is 12.2 Å². The molecule has 7 nitrogen and oxygen atoms in total. The van der Waals surface area contributed by atoms with Crippen molar-refractivity contribution in [3.63, 3.8) is 0 Å². The zero-order chi connectivity index (χ0) is 27.4. The van der Waals surface area contributed by atoms with Crippen LogP contribution < -0.4 is 24.5 Å². The number of methoxy groups -OCH3 is 1. The second kappa shape index (κ2) is 12.0. The Bertz CT molecular complexity index is 1550. The van der Waals surface area contributed by atoms with E-state index >= 15 is 0 Å². The van der Waals surface area contributed by atoms with Gasteiger partial charge in [-0.1, -0.05) is 48.9 Å². The number of hydrogen-bond donors (Lipinski definition) is 0. The van der Waals surface area contributed by atoms with Crippen LogP contribution in [-0.2, 0) is 9.53 Å². The fourth-order valence-electron chi connectivity index (χ4n) is 5.33. The third kappa shape index (κ3) is 5.57. The molecule has 3 heterocycles. The van der Waals surface area contributed by atoms with Crippen LogP contribution >= 0.6 is 11.3 Å². The molecule has 0 radical (unpaired) electrons. The number of piperidine rings is 1. The highest BCUT2D eigenvalue weighted by atomic mass is 32.1. The number of hydrogen-bond acceptors (Lipinski definition) is 7. The van der Waals surface area contributed by atoms with Crippen LogP contribution in [0.5, 0.6) is 5.75 Å². The third-order valence-corrected chi connectivity index (χ3v) is 8.20. The molecule has 5 rings (SSSR count). The van der Waals surface area contributed by atoms with Crippen molar-refractivity contribution in [3.8, 4) is 5.75 Å². The highest BCUT2D eigenvalue weighted by Crippen LogP contribution is 2.34. The number of nitrogens with zero attached hydrogens (tertiary/aromatic N) is 3. The van der Waals surface area contributed by atoms with E-state index in [9.17, 15) is 9.59 Å². The molecular weight excluding hydrogens is 510 g/mol. The van der Waals surface area contributed by atoms with Crippen molar-refractivity contribution < 1.29 is 14.3 Å². The topological polar surface area (TPSA) is 73.1 Å². The lowest BCUT2D eigenvalue weighted by Gasteiger charge is -2.28. The van der Waals surface area contributed by atoms with Crippen LogP contribution in [0, 0.1) is 0 Å². The summed E-state index contributed by atoms with van der Waals surface area (Å²) in [6.45, 7) is 6.25. The number of fused-ring (bicyclic) bond motifs is 1. The minimum atomic E-state index is -0.652. The number of thiazole rings is 1. The first-order chi connectivity index (χ1) is 19.0. The van der Waals surface area contributed by atoms with Gasteiger partial charge in [0.2, 0.25) is 0 Å². The molecule has 0 unspecified atom stereocenters. The van der Waals surface area contributed by atoms with E-state index in [0.29, 0.717) is 32.8 Å². The number of anilines is 1. The van der Waals surface area contributed by atoms with Gasteiger partial charge in [0.15, 0.2) is 4.80 Å². The number of aromatic nitrogens is 1. The molecule has 0 saturated carbocycles. The molecule has 0 amide bonds. The number of rotatable bonds is 8. The molecule has 0 bridgehead atoms. The van der Waals surface area contributed by atoms with E-state index < -0.39 is 12.0 Å². The van der Waals surface area contributed by atoms with E-state index in [1.165, 1.54) is 36.3 Å². The highest BCUT2D eigenvalue weighted by molar-refractivity contribution is 7.07. The minimum Gasteiger partial charge on any atom is -0.497 e. The average Bonchev–Trinajstić information content (AvgIpc) is 3.27. The van der Waals surface area contributed by atoms with Crippen LogP contribution in [0.1, 0.15) is 63.1 Å². The number of ether oxygens (including phenoxy) is 2. The molecular formula is C31H35N3O4S. The molecule has 0 aliphatic carbocycles. The largest absolute Gasteiger partial charge is 0.497 e. The quantitative estimate of drug-likeness (QED) is 0.388. The van der Waals surface area contributed by atoms with Gasteiger partial charge in [-0.05, 0) is 74.1 Å². The van der Waals surface area contributed by atoms with Crippen LogP contribution in [0.4, 0.5) is 5.69 Å². The van der Waals surface area contributed by atoms with Crippen molar-refractivity contribution in [2.45, 2.75) is 52.0 Å². The molecule has 204 valence electrons. The average molecular weight is 546 g/mol. The van der Waals surface area contributed by atoms with Crippen molar-refractivity contribution in [2.24, 2.45) is 4.99 Å². The maximum absolute atomic E-state index is 13.9. The van der Waals surface area contributed by atoms with E-state index in [0.717, 1.165) is 30.6 Å². The predicted molar refractivity (Wildman–Crippen MR) is 155 cm³/mol. The minimum absolute atomic E-state index is 0.177. The van der Waals surface area contributed by atoms with Crippen LogP contribution in [0.3, 0.4) is 0 Å². The molecule has 1 atom stereocenters. The lowest BCUT2D eigenvalue weighted by molar-refractivity contribution is -0.139. The molecule has 0 N–H and O–H groups in total. The van der Waals surface area contributed by atoms with Crippen molar-refractivity contribution in [2.75, 3.05) is 31.7 Å². The Labute approximate surface area is 232 Å². The summed E-state index contributed by atoms with van der Waals surface area (Å²) in [7, 11) is 1.60. The molecule has 39 heavy (non-hydrogen) atoms. The summed E-state index contributed by atoms with van der Waals surface area (Å²) in [5.41, 5.74) is 3.86. The van der Waals surface area contributed by atoms with Gasteiger partial charge in [0, 0.05) is 18.8 Å². The number of allylic oxidation sites excluding steroid dienone is 1. The molecule has 2 aromatic carbocycles. The zero-order valence-corrected chi connectivity index (χ0v) is 23.6. The van der Waals surface area contributed by atoms with E-state index in [1.807, 2.05) is 30.3 Å². The fourth-order valence-corrected chi connectivity index (χ4v) is 6.35. The van der Waals surface area contributed by atoms with Crippen LogP contribution in [0.25, 0.3) is 6.08 Å². The normalized spacial score (nSPS) is 17.6. The van der Waals surface area contributed by atoms with Crippen molar-refractivity contribution >= 4 is 29.1 Å². The van der Waals surface area contributed by atoms with Gasteiger partial charge in [-0.2, -0.15) is 0 Å². The molecule has 1 saturated heterocycles. The Balaban J connectivity index is 1.63. The molecule has 2 aliphatic heterocycles. The van der Waals surface area contributed by atoms with E-state index in [4.69, 9.17) is 14.5 Å². The number of carbonyl (C=O) groups is 1. The van der Waals surface area contributed by atoms with Crippen molar-refractivity contribution in [1.29, 1.82) is 0 Å². The summed E-state index contributed by atoms with van der Waals surface area (Å²) in [4.78, 5) is 35.1. The van der Waals surface area contributed by atoms with Crippen LogP contribution in [0.2, 0.25) is 0 Å². The summed E-state index contributed by atoms with van der Waals surface area (Å²) in [5, 5.41) is 0.